The molecule has 4 aromatic rings. The van der Waals surface area contributed by atoms with Gasteiger partial charge in [-0.3, -0.25) is 9.48 Å². The predicted octanol–water partition coefficient (Wildman–Crippen LogP) is 3.64. The Hall–Kier alpha value is -2.71. The predicted molar refractivity (Wildman–Crippen MR) is 101 cm³/mol. The van der Waals surface area contributed by atoms with Crippen molar-refractivity contribution >= 4 is 44.9 Å². The van der Waals surface area contributed by atoms with Gasteiger partial charge in [-0.15, -0.1) is 0 Å². The van der Waals surface area contributed by atoms with E-state index in [0.717, 1.165) is 5.56 Å². The number of benzene rings is 1. The van der Waals surface area contributed by atoms with Crippen LogP contribution in [0.5, 0.6) is 0 Å². The summed E-state index contributed by atoms with van der Waals surface area (Å²) in [5, 5.41) is 12.0. The van der Waals surface area contributed by atoms with Gasteiger partial charge in [-0.2, -0.15) is 10.2 Å². The van der Waals surface area contributed by atoms with Gasteiger partial charge in [0.25, 0.3) is 5.91 Å². The van der Waals surface area contributed by atoms with E-state index >= 15 is 0 Å². The van der Waals surface area contributed by atoms with Crippen molar-refractivity contribution in [2.75, 3.05) is 5.32 Å². The van der Waals surface area contributed by atoms with E-state index in [-0.39, 0.29) is 11.6 Å². The lowest BCUT2D eigenvalue weighted by atomic mass is 10.2. The number of anilines is 1. The normalized spacial score (nSPS) is 11.0. The van der Waals surface area contributed by atoms with Crippen LogP contribution in [-0.4, -0.2) is 30.3 Å². The zero-order valence-corrected chi connectivity index (χ0v) is 15.6. The highest BCUT2D eigenvalue weighted by Crippen LogP contribution is 2.23. The third kappa shape index (κ3) is 3.33. The zero-order chi connectivity index (χ0) is 18.1. The number of carbonyl (C=O) groups is 1. The Bertz CT molecular complexity index is 1070. The standard InChI is InChI=1S/C17H12BrClN6O/c18-12-10-24(9-11-4-1-2-5-13(11)19)23-16(12)21-17(26)14-8-15-20-6-3-7-25(15)22-14/h1-8,10H,9H2,(H,21,23,26). The van der Waals surface area contributed by atoms with E-state index in [2.05, 4.69) is 36.4 Å². The molecule has 0 aliphatic heterocycles. The maximum Gasteiger partial charge on any atom is 0.277 e. The SMILES string of the molecule is O=C(Nc1nn(Cc2ccccc2Cl)cc1Br)c1cc2ncccn2n1. The molecule has 0 radical (unpaired) electrons. The summed E-state index contributed by atoms with van der Waals surface area (Å²) in [5.41, 5.74) is 1.80. The van der Waals surface area contributed by atoms with Crippen molar-refractivity contribution in [3.05, 3.63) is 75.7 Å². The summed E-state index contributed by atoms with van der Waals surface area (Å²) < 4.78 is 3.91. The average molecular weight is 432 g/mol. The van der Waals surface area contributed by atoms with Gasteiger partial charge in [0.05, 0.1) is 11.0 Å². The van der Waals surface area contributed by atoms with E-state index in [0.29, 0.717) is 27.5 Å². The molecule has 3 aromatic heterocycles. The number of hydrogen-bond acceptors (Lipinski definition) is 4. The molecule has 1 amide bonds. The van der Waals surface area contributed by atoms with Gasteiger partial charge < -0.3 is 5.32 Å². The Morgan fingerprint density at radius 2 is 2.08 bits per heavy atom. The minimum atomic E-state index is -0.362. The molecule has 0 unspecified atom stereocenters. The molecular weight excluding hydrogens is 420 g/mol. The number of aromatic nitrogens is 5. The summed E-state index contributed by atoms with van der Waals surface area (Å²) in [6.45, 7) is 0.492. The molecule has 3 heterocycles. The highest BCUT2D eigenvalue weighted by molar-refractivity contribution is 9.10. The number of nitrogens with zero attached hydrogens (tertiary/aromatic N) is 5. The Labute approximate surface area is 161 Å². The topological polar surface area (TPSA) is 77.1 Å². The second-order valence-corrected chi connectivity index (χ2v) is 6.78. The Morgan fingerprint density at radius 1 is 1.23 bits per heavy atom. The molecule has 9 heteroatoms. The third-order valence-electron chi connectivity index (χ3n) is 3.71. The largest absolute Gasteiger partial charge is 0.303 e. The molecule has 0 bridgehead atoms. The lowest BCUT2D eigenvalue weighted by Gasteiger charge is -2.04. The van der Waals surface area contributed by atoms with E-state index < -0.39 is 0 Å². The minimum Gasteiger partial charge on any atom is -0.303 e. The second kappa shape index (κ2) is 6.89. The van der Waals surface area contributed by atoms with E-state index in [1.165, 1.54) is 0 Å². The molecule has 0 saturated heterocycles. The fraction of sp³-hybridized carbons (Fsp3) is 0.0588. The number of rotatable bonds is 4. The number of nitrogens with one attached hydrogen (secondary N) is 1. The van der Waals surface area contributed by atoms with Gasteiger partial charge in [0.15, 0.2) is 17.2 Å². The lowest BCUT2D eigenvalue weighted by molar-refractivity contribution is 0.102. The minimum absolute atomic E-state index is 0.260. The van der Waals surface area contributed by atoms with Crippen LogP contribution < -0.4 is 5.32 Å². The summed E-state index contributed by atoms with van der Waals surface area (Å²) in [6, 6.07) is 10.9. The van der Waals surface area contributed by atoms with Gasteiger partial charge in [-0.1, -0.05) is 29.8 Å². The van der Waals surface area contributed by atoms with Crippen molar-refractivity contribution in [2.45, 2.75) is 6.54 Å². The Kier molecular flexibility index (Phi) is 4.44. The highest BCUT2D eigenvalue weighted by atomic mass is 79.9. The van der Waals surface area contributed by atoms with Gasteiger partial charge in [0.2, 0.25) is 0 Å². The van der Waals surface area contributed by atoms with Gasteiger partial charge in [-0.25, -0.2) is 9.50 Å². The summed E-state index contributed by atoms with van der Waals surface area (Å²) in [5.74, 6) is 0.0475. The molecule has 0 saturated carbocycles. The zero-order valence-electron chi connectivity index (χ0n) is 13.3. The maximum atomic E-state index is 12.5. The smallest absolute Gasteiger partial charge is 0.277 e. The average Bonchev–Trinajstić information content (AvgIpc) is 3.21. The van der Waals surface area contributed by atoms with Crippen LogP contribution in [0, 0.1) is 0 Å². The van der Waals surface area contributed by atoms with Gasteiger partial charge >= 0.3 is 0 Å². The van der Waals surface area contributed by atoms with Crippen LogP contribution in [0.3, 0.4) is 0 Å². The molecule has 1 aromatic carbocycles. The number of fused-ring (bicyclic) bond motifs is 1. The molecule has 0 fully saturated rings. The quantitative estimate of drug-likeness (QED) is 0.535. The Balaban J connectivity index is 1.54. The van der Waals surface area contributed by atoms with Gasteiger partial charge in [0.1, 0.15) is 0 Å². The van der Waals surface area contributed by atoms with E-state index in [4.69, 9.17) is 11.6 Å². The molecule has 0 atom stereocenters. The van der Waals surface area contributed by atoms with Crippen molar-refractivity contribution < 1.29 is 4.79 Å². The van der Waals surface area contributed by atoms with Crippen LogP contribution in [0.25, 0.3) is 5.65 Å². The third-order valence-corrected chi connectivity index (χ3v) is 4.66. The highest BCUT2D eigenvalue weighted by Gasteiger charge is 2.15. The first-order chi connectivity index (χ1) is 12.6. The molecule has 4 rings (SSSR count). The van der Waals surface area contributed by atoms with Crippen molar-refractivity contribution in [3.8, 4) is 0 Å². The fourth-order valence-electron chi connectivity index (χ4n) is 2.48. The van der Waals surface area contributed by atoms with Crippen LogP contribution in [0.2, 0.25) is 5.02 Å². The fourth-order valence-corrected chi connectivity index (χ4v) is 3.09. The van der Waals surface area contributed by atoms with Crippen molar-refractivity contribution in [1.29, 1.82) is 0 Å². The first-order valence-electron chi connectivity index (χ1n) is 7.68. The first kappa shape index (κ1) is 16.7. The molecule has 130 valence electrons. The summed E-state index contributed by atoms with van der Waals surface area (Å²) in [6.07, 6.45) is 5.16. The monoisotopic (exact) mass is 430 g/mol. The molecule has 7 nitrogen and oxygen atoms in total. The van der Waals surface area contributed by atoms with E-state index in [1.54, 1.807) is 39.9 Å². The summed E-state index contributed by atoms with van der Waals surface area (Å²) >= 11 is 9.60. The first-order valence-corrected chi connectivity index (χ1v) is 8.85. The van der Waals surface area contributed by atoms with Crippen LogP contribution in [0.15, 0.2) is 59.5 Å². The van der Waals surface area contributed by atoms with Crippen molar-refractivity contribution in [3.63, 3.8) is 0 Å². The van der Waals surface area contributed by atoms with Gasteiger partial charge in [0, 0.05) is 29.7 Å². The van der Waals surface area contributed by atoms with Gasteiger partial charge in [-0.05, 0) is 33.6 Å². The number of halogens is 2. The maximum absolute atomic E-state index is 12.5. The van der Waals surface area contributed by atoms with Crippen LogP contribution >= 0.6 is 27.5 Å². The van der Waals surface area contributed by atoms with Crippen LogP contribution in [-0.2, 0) is 6.54 Å². The van der Waals surface area contributed by atoms with Crippen molar-refractivity contribution in [1.82, 2.24) is 24.4 Å². The van der Waals surface area contributed by atoms with E-state index in [9.17, 15) is 4.79 Å². The van der Waals surface area contributed by atoms with Crippen LogP contribution in [0.1, 0.15) is 16.1 Å². The number of amides is 1. The Morgan fingerprint density at radius 3 is 2.88 bits per heavy atom. The lowest BCUT2D eigenvalue weighted by Crippen LogP contribution is -2.14. The molecule has 1 N–H and O–H groups in total. The molecule has 0 spiro atoms. The van der Waals surface area contributed by atoms with Crippen LogP contribution in [0.4, 0.5) is 5.82 Å². The molecule has 0 aliphatic carbocycles. The molecule has 26 heavy (non-hydrogen) atoms. The molecule has 0 aliphatic rings. The second-order valence-electron chi connectivity index (χ2n) is 5.52. The summed E-state index contributed by atoms with van der Waals surface area (Å²) in [4.78, 5) is 16.6. The van der Waals surface area contributed by atoms with E-state index in [1.807, 2.05) is 24.3 Å². The number of hydrogen-bond donors (Lipinski definition) is 1. The molecular formula is C17H12BrClN6O. The van der Waals surface area contributed by atoms with Crippen molar-refractivity contribution in [2.24, 2.45) is 0 Å². The summed E-state index contributed by atoms with van der Waals surface area (Å²) in [7, 11) is 0. The number of carbonyl (C=O) groups excluding carboxylic acids is 1.